The number of H-pyrrole nitrogens is 1. The van der Waals surface area contributed by atoms with Crippen molar-refractivity contribution in [2.75, 3.05) is 6.61 Å². The molecule has 0 aliphatic rings. The SMILES string of the molecule is CCOc1ccc(-c2cc3cc(Br)ccc3[nH]2)cc1. The molecule has 2 aromatic carbocycles. The fourth-order valence-electron chi connectivity index (χ4n) is 2.16. The van der Waals surface area contributed by atoms with Gasteiger partial charge in [-0.2, -0.15) is 0 Å². The van der Waals surface area contributed by atoms with E-state index in [1.165, 1.54) is 5.39 Å². The summed E-state index contributed by atoms with van der Waals surface area (Å²) in [4.78, 5) is 3.43. The number of hydrogen-bond donors (Lipinski definition) is 1. The number of rotatable bonds is 3. The summed E-state index contributed by atoms with van der Waals surface area (Å²) in [7, 11) is 0. The molecular weight excluding hydrogens is 302 g/mol. The number of halogens is 1. The van der Waals surface area contributed by atoms with Crippen LogP contribution in [0.4, 0.5) is 0 Å². The first-order valence-electron chi connectivity index (χ1n) is 6.28. The van der Waals surface area contributed by atoms with Crippen molar-refractivity contribution in [2.45, 2.75) is 6.92 Å². The molecule has 19 heavy (non-hydrogen) atoms. The number of fused-ring (bicyclic) bond motifs is 1. The molecule has 0 saturated heterocycles. The van der Waals surface area contributed by atoms with E-state index in [-0.39, 0.29) is 0 Å². The van der Waals surface area contributed by atoms with Gasteiger partial charge >= 0.3 is 0 Å². The van der Waals surface area contributed by atoms with Crippen molar-refractivity contribution in [1.29, 1.82) is 0 Å². The molecule has 1 N–H and O–H groups in total. The Balaban J connectivity index is 1.99. The van der Waals surface area contributed by atoms with E-state index in [9.17, 15) is 0 Å². The van der Waals surface area contributed by atoms with Gasteiger partial charge in [0.2, 0.25) is 0 Å². The summed E-state index contributed by atoms with van der Waals surface area (Å²) in [6, 6.07) is 16.5. The Morgan fingerprint density at radius 3 is 2.58 bits per heavy atom. The van der Waals surface area contributed by atoms with Crippen LogP contribution in [0.3, 0.4) is 0 Å². The number of nitrogens with one attached hydrogen (secondary N) is 1. The Bertz CT molecular complexity index is 700. The van der Waals surface area contributed by atoms with Crippen LogP contribution in [0.25, 0.3) is 22.2 Å². The first-order chi connectivity index (χ1) is 9.26. The van der Waals surface area contributed by atoms with E-state index in [0.29, 0.717) is 6.61 Å². The highest BCUT2D eigenvalue weighted by molar-refractivity contribution is 9.10. The van der Waals surface area contributed by atoms with Crippen LogP contribution in [-0.4, -0.2) is 11.6 Å². The predicted molar refractivity (Wildman–Crippen MR) is 82.6 cm³/mol. The van der Waals surface area contributed by atoms with Crippen LogP contribution in [0, 0.1) is 0 Å². The minimum absolute atomic E-state index is 0.694. The highest BCUT2D eigenvalue weighted by Crippen LogP contribution is 2.27. The third-order valence-electron chi connectivity index (χ3n) is 3.06. The molecule has 1 aromatic heterocycles. The highest BCUT2D eigenvalue weighted by atomic mass is 79.9. The van der Waals surface area contributed by atoms with Crippen LogP contribution in [-0.2, 0) is 0 Å². The quantitative estimate of drug-likeness (QED) is 0.723. The molecule has 0 saturated carbocycles. The van der Waals surface area contributed by atoms with Crippen LogP contribution < -0.4 is 4.74 Å². The predicted octanol–water partition coefficient (Wildman–Crippen LogP) is 5.00. The maximum atomic E-state index is 5.45. The Hall–Kier alpha value is -1.74. The molecule has 3 aromatic rings. The fraction of sp³-hybridized carbons (Fsp3) is 0.125. The highest BCUT2D eigenvalue weighted by Gasteiger charge is 2.04. The van der Waals surface area contributed by atoms with Gasteiger partial charge in [0.25, 0.3) is 0 Å². The summed E-state index contributed by atoms with van der Waals surface area (Å²) in [6.07, 6.45) is 0. The van der Waals surface area contributed by atoms with Crippen LogP contribution in [0.1, 0.15) is 6.92 Å². The zero-order valence-corrected chi connectivity index (χ0v) is 12.2. The number of hydrogen-bond acceptors (Lipinski definition) is 1. The minimum atomic E-state index is 0.694. The van der Waals surface area contributed by atoms with E-state index in [2.05, 4.69) is 51.2 Å². The standard InChI is InChI=1S/C16H14BrNO/c1-2-19-14-6-3-11(4-7-14)16-10-12-9-13(17)5-8-15(12)18-16/h3-10,18H,2H2,1H3. The van der Waals surface area contributed by atoms with Crippen LogP contribution in [0.15, 0.2) is 53.0 Å². The van der Waals surface area contributed by atoms with E-state index >= 15 is 0 Å². The first-order valence-corrected chi connectivity index (χ1v) is 7.07. The summed E-state index contributed by atoms with van der Waals surface area (Å²) in [5.74, 6) is 0.908. The molecule has 0 bridgehead atoms. The second-order valence-corrected chi connectivity index (χ2v) is 5.29. The van der Waals surface area contributed by atoms with Crippen molar-refractivity contribution in [1.82, 2.24) is 4.98 Å². The van der Waals surface area contributed by atoms with Gasteiger partial charge in [-0.25, -0.2) is 0 Å². The average molecular weight is 316 g/mol. The normalized spacial score (nSPS) is 10.8. The van der Waals surface area contributed by atoms with Gasteiger partial charge in [0.05, 0.1) is 6.61 Å². The van der Waals surface area contributed by atoms with Gasteiger partial charge in [-0.05, 0) is 61.0 Å². The third-order valence-corrected chi connectivity index (χ3v) is 3.55. The molecule has 1 heterocycles. The van der Waals surface area contributed by atoms with Crippen LogP contribution in [0.5, 0.6) is 5.75 Å². The van der Waals surface area contributed by atoms with E-state index in [4.69, 9.17) is 4.74 Å². The largest absolute Gasteiger partial charge is 0.494 e. The Morgan fingerprint density at radius 1 is 1.05 bits per heavy atom. The van der Waals surface area contributed by atoms with Crippen LogP contribution >= 0.6 is 15.9 Å². The molecule has 2 nitrogen and oxygen atoms in total. The lowest BCUT2D eigenvalue weighted by Gasteiger charge is -2.03. The monoisotopic (exact) mass is 315 g/mol. The first kappa shape index (κ1) is 12.3. The Kier molecular flexibility index (Phi) is 3.30. The van der Waals surface area contributed by atoms with Crippen molar-refractivity contribution in [2.24, 2.45) is 0 Å². The van der Waals surface area contributed by atoms with Gasteiger partial charge in [-0.15, -0.1) is 0 Å². The van der Waals surface area contributed by atoms with Crippen molar-refractivity contribution in [3.63, 3.8) is 0 Å². The second-order valence-electron chi connectivity index (χ2n) is 4.37. The van der Waals surface area contributed by atoms with Crippen LogP contribution in [0.2, 0.25) is 0 Å². The summed E-state index contributed by atoms with van der Waals surface area (Å²) < 4.78 is 6.55. The zero-order valence-electron chi connectivity index (χ0n) is 10.6. The van der Waals surface area contributed by atoms with E-state index in [1.54, 1.807) is 0 Å². The number of ether oxygens (including phenoxy) is 1. The lowest BCUT2D eigenvalue weighted by molar-refractivity contribution is 0.340. The second kappa shape index (κ2) is 5.10. The molecular formula is C16H14BrNO. The van der Waals surface area contributed by atoms with Crippen molar-refractivity contribution in [3.05, 3.63) is 53.0 Å². The smallest absolute Gasteiger partial charge is 0.119 e. The van der Waals surface area contributed by atoms with Crippen molar-refractivity contribution in [3.8, 4) is 17.0 Å². The topological polar surface area (TPSA) is 25.0 Å². The molecule has 0 aliphatic heterocycles. The molecule has 0 unspecified atom stereocenters. The lowest BCUT2D eigenvalue weighted by Crippen LogP contribution is -1.90. The third kappa shape index (κ3) is 2.51. The van der Waals surface area contributed by atoms with E-state index in [0.717, 1.165) is 27.0 Å². The summed E-state index contributed by atoms with van der Waals surface area (Å²) in [6.45, 7) is 2.68. The zero-order chi connectivity index (χ0) is 13.2. The molecule has 0 fully saturated rings. The molecule has 3 rings (SSSR count). The molecule has 0 aliphatic carbocycles. The maximum absolute atomic E-state index is 5.45. The molecule has 3 heteroatoms. The van der Waals surface area contributed by atoms with Gasteiger partial charge in [0.15, 0.2) is 0 Å². The summed E-state index contributed by atoms with van der Waals surface area (Å²) in [5.41, 5.74) is 3.43. The lowest BCUT2D eigenvalue weighted by atomic mass is 10.1. The van der Waals surface area contributed by atoms with Gasteiger partial charge in [-0.1, -0.05) is 15.9 Å². The van der Waals surface area contributed by atoms with E-state index in [1.807, 2.05) is 25.1 Å². The Labute approximate surface area is 120 Å². The minimum Gasteiger partial charge on any atom is -0.494 e. The molecule has 0 amide bonds. The van der Waals surface area contributed by atoms with Gasteiger partial charge in [-0.3, -0.25) is 0 Å². The van der Waals surface area contributed by atoms with E-state index < -0.39 is 0 Å². The molecule has 0 spiro atoms. The molecule has 0 radical (unpaired) electrons. The fourth-order valence-corrected chi connectivity index (χ4v) is 2.54. The number of benzene rings is 2. The molecule has 96 valence electrons. The number of aromatic amines is 1. The van der Waals surface area contributed by atoms with Crippen molar-refractivity contribution >= 4 is 26.8 Å². The summed E-state index contributed by atoms with van der Waals surface area (Å²) >= 11 is 3.49. The maximum Gasteiger partial charge on any atom is 0.119 e. The number of aromatic nitrogens is 1. The molecule has 0 atom stereocenters. The average Bonchev–Trinajstić information content (AvgIpc) is 2.83. The van der Waals surface area contributed by atoms with Gasteiger partial charge in [0.1, 0.15) is 5.75 Å². The van der Waals surface area contributed by atoms with Gasteiger partial charge < -0.3 is 9.72 Å². The summed E-state index contributed by atoms with van der Waals surface area (Å²) in [5, 5.41) is 1.21. The Morgan fingerprint density at radius 2 is 1.84 bits per heavy atom. The van der Waals surface area contributed by atoms with Gasteiger partial charge in [0, 0.05) is 21.1 Å². The van der Waals surface area contributed by atoms with Crippen molar-refractivity contribution < 1.29 is 4.74 Å².